The molecule has 2 heterocycles. The number of halogens is 1. The third-order valence-electron chi connectivity index (χ3n) is 5.19. The molecule has 0 fully saturated rings. The lowest BCUT2D eigenvalue weighted by Crippen LogP contribution is -2.34. The number of anilines is 1. The minimum atomic E-state index is -0.483. The number of carbonyl (C=O) groups excluding carboxylic acids is 1. The van der Waals surface area contributed by atoms with E-state index in [-0.39, 0.29) is 5.11 Å². The monoisotopic (exact) mass is 492 g/mol. The minimum absolute atomic E-state index is 0.0916. The topological polar surface area (TPSA) is 89.8 Å². The lowest BCUT2D eigenvalue weighted by molar-refractivity contribution is 0.0976. The number of fused-ring (bicyclic) bond motifs is 2. The second-order valence-electron chi connectivity index (χ2n) is 7.45. The molecule has 34 heavy (non-hydrogen) atoms. The van der Waals surface area contributed by atoms with Gasteiger partial charge in [-0.2, -0.15) is 0 Å². The minimum Gasteiger partial charge on any atom is -0.486 e. The number of benzene rings is 3. The van der Waals surface area contributed by atoms with Crippen molar-refractivity contribution < 1.29 is 18.7 Å². The summed E-state index contributed by atoms with van der Waals surface area (Å²) in [5, 5.41) is 6.76. The Morgan fingerprint density at radius 3 is 2.53 bits per heavy atom. The zero-order valence-corrected chi connectivity index (χ0v) is 19.2. The summed E-state index contributed by atoms with van der Waals surface area (Å²) in [5.41, 5.74) is 1.83. The van der Waals surface area contributed by atoms with E-state index in [2.05, 4.69) is 10.6 Å². The lowest BCUT2D eigenvalue weighted by atomic mass is 10.1. The molecule has 0 aliphatic carbocycles. The van der Waals surface area contributed by atoms with Crippen molar-refractivity contribution in [3.63, 3.8) is 0 Å². The van der Waals surface area contributed by atoms with Gasteiger partial charge in [0.05, 0.1) is 10.6 Å². The maximum Gasteiger partial charge on any atom is 0.344 e. The van der Waals surface area contributed by atoms with E-state index in [0.717, 1.165) is 5.39 Å². The fourth-order valence-electron chi connectivity index (χ4n) is 3.58. The van der Waals surface area contributed by atoms with E-state index in [1.165, 1.54) is 0 Å². The Kier molecular flexibility index (Phi) is 5.91. The highest BCUT2D eigenvalue weighted by Gasteiger charge is 2.16. The van der Waals surface area contributed by atoms with Crippen molar-refractivity contribution in [2.24, 2.45) is 0 Å². The molecule has 170 valence electrons. The van der Waals surface area contributed by atoms with Crippen LogP contribution in [0.3, 0.4) is 0 Å². The van der Waals surface area contributed by atoms with Gasteiger partial charge in [0.25, 0.3) is 5.91 Å². The molecule has 5 rings (SSSR count). The Balaban J connectivity index is 1.30. The Labute approximate surface area is 204 Å². The Morgan fingerprint density at radius 1 is 0.912 bits per heavy atom. The van der Waals surface area contributed by atoms with E-state index in [1.807, 2.05) is 12.1 Å². The summed E-state index contributed by atoms with van der Waals surface area (Å²) < 4.78 is 16.4. The highest BCUT2D eigenvalue weighted by Crippen LogP contribution is 2.31. The number of hydrogen-bond donors (Lipinski definition) is 2. The van der Waals surface area contributed by atoms with Crippen LogP contribution in [-0.2, 0) is 0 Å². The molecule has 1 aliphatic rings. The third-order valence-corrected chi connectivity index (χ3v) is 5.71. The summed E-state index contributed by atoms with van der Waals surface area (Å²) >= 11 is 11.7. The Bertz CT molecular complexity index is 1500. The Morgan fingerprint density at radius 2 is 1.71 bits per heavy atom. The molecule has 7 nitrogen and oxygen atoms in total. The number of ether oxygens (including phenoxy) is 2. The van der Waals surface area contributed by atoms with Crippen LogP contribution >= 0.6 is 23.8 Å². The number of para-hydroxylation sites is 1. The van der Waals surface area contributed by atoms with Gasteiger partial charge in [0.2, 0.25) is 0 Å². The average Bonchev–Trinajstić information content (AvgIpc) is 2.83. The second kappa shape index (κ2) is 9.17. The normalized spacial score (nSPS) is 12.3. The fourth-order valence-corrected chi connectivity index (χ4v) is 4.08. The molecule has 0 bridgehead atoms. The van der Waals surface area contributed by atoms with Crippen LogP contribution in [0.25, 0.3) is 22.1 Å². The molecular weight excluding hydrogens is 476 g/mol. The van der Waals surface area contributed by atoms with Crippen LogP contribution in [0.15, 0.2) is 75.9 Å². The molecule has 0 unspecified atom stereocenters. The number of hydrogen-bond acceptors (Lipinski definition) is 6. The molecule has 3 aromatic carbocycles. The van der Waals surface area contributed by atoms with Crippen LogP contribution in [0.4, 0.5) is 5.69 Å². The van der Waals surface area contributed by atoms with E-state index < -0.39 is 11.5 Å². The van der Waals surface area contributed by atoms with Crippen molar-refractivity contribution >= 4 is 51.5 Å². The van der Waals surface area contributed by atoms with E-state index in [1.54, 1.807) is 54.6 Å². The van der Waals surface area contributed by atoms with Crippen LogP contribution in [-0.4, -0.2) is 24.2 Å². The molecule has 9 heteroatoms. The highest BCUT2D eigenvalue weighted by atomic mass is 35.5. The standard InChI is InChI=1S/C25H17ClN2O5S/c26-19-13-16(6-7-17(19)18-11-14-3-1-2-4-20(14)33-24(18)30)27-25(34)28-23(29)15-5-8-21-22(12-15)32-10-9-31-21/h1-8,11-13H,9-10H2,(H2,27,28,29,34). The molecule has 0 saturated carbocycles. The van der Waals surface area contributed by atoms with Crippen LogP contribution in [0, 0.1) is 0 Å². The average molecular weight is 493 g/mol. The van der Waals surface area contributed by atoms with E-state index in [9.17, 15) is 9.59 Å². The first kappa shape index (κ1) is 21.9. The lowest BCUT2D eigenvalue weighted by Gasteiger charge is -2.18. The van der Waals surface area contributed by atoms with Crippen molar-refractivity contribution in [3.8, 4) is 22.6 Å². The quantitative estimate of drug-likeness (QED) is 0.307. The molecule has 4 aromatic rings. The summed E-state index contributed by atoms with van der Waals surface area (Å²) in [5.74, 6) is 0.711. The van der Waals surface area contributed by atoms with Gasteiger partial charge in [-0.3, -0.25) is 10.1 Å². The van der Waals surface area contributed by atoms with E-state index in [0.29, 0.717) is 57.7 Å². The van der Waals surface area contributed by atoms with Gasteiger partial charge in [-0.25, -0.2) is 4.79 Å². The molecule has 1 aliphatic heterocycles. The molecule has 0 spiro atoms. The van der Waals surface area contributed by atoms with Gasteiger partial charge in [0.1, 0.15) is 18.8 Å². The summed E-state index contributed by atoms with van der Waals surface area (Å²) in [4.78, 5) is 25.0. The van der Waals surface area contributed by atoms with E-state index >= 15 is 0 Å². The summed E-state index contributed by atoms with van der Waals surface area (Å²) in [6.45, 7) is 0.898. The predicted octanol–water partition coefficient (Wildman–Crippen LogP) is 5.01. The zero-order valence-electron chi connectivity index (χ0n) is 17.6. The first-order valence-electron chi connectivity index (χ1n) is 10.3. The molecule has 0 radical (unpaired) electrons. The number of thiocarbonyl (C=S) groups is 1. The van der Waals surface area contributed by atoms with Crippen molar-refractivity contribution in [3.05, 3.63) is 87.7 Å². The number of nitrogens with one attached hydrogen (secondary N) is 2. The van der Waals surface area contributed by atoms with Gasteiger partial charge in [0, 0.05) is 22.2 Å². The molecular formula is C25H17ClN2O5S. The van der Waals surface area contributed by atoms with Gasteiger partial charge in [-0.15, -0.1) is 0 Å². The van der Waals surface area contributed by atoms with Crippen LogP contribution < -0.4 is 25.7 Å². The SMILES string of the molecule is O=C(NC(=S)Nc1ccc(-c2cc3ccccc3oc2=O)c(Cl)c1)c1ccc2c(c1)OCCO2. The summed E-state index contributed by atoms with van der Waals surface area (Å²) in [6, 6.07) is 18.9. The van der Waals surface area contributed by atoms with Crippen molar-refractivity contribution in [1.29, 1.82) is 0 Å². The van der Waals surface area contributed by atoms with Crippen molar-refractivity contribution in [2.75, 3.05) is 18.5 Å². The van der Waals surface area contributed by atoms with Gasteiger partial charge < -0.3 is 19.2 Å². The van der Waals surface area contributed by atoms with Gasteiger partial charge in [-0.05, 0) is 54.7 Å². The molecule has 1 amide bonds. The highest BCUT2D eigenvalue weighted by molar-refractivity contribution is 7.80. The van der Waals surface area contributed by atoms with Gasteiger partial charge in [-0.1, -0.05) is 35.9 Å². The van der Waals surface area contributed by atoms with Crippen LogP contribution in [0.2, 0.25) is 5.02 Å². The summed E-state index contributed by atoms with van der Waals surface area (Å²) in [6.07, 6.45) is 0. The first-order valence-corrected chi connectivity index (χ1v) is 11.1. The number of amides is 1. The van der Waals surface area contributed by atoms with E-state index in [4.69, 9.17) is 37.7 Å². The molecule has 2 N–H and O–H groups in total. The zero-order chi connectivity index (χ0) is 23.7. The molecule has 1 aromatic heterocycles. The van der Waals surface area contributed by atoms with Gasteiger partial charge in [0.15, 0.2) is 16.6 Å². The second-order valence-corrected chi connectivity index (χ2v) is 8.26. The third kappa shape index (κ3) is 4.46. The maximum atomic E-state index is 12.6. The number of rotatable bonds is 3. The molecule has 0 atom stereocenters. The van der Waals surface area contributed by atoms with Crippen molar-refractivity contribution in [1.82, 2.24) is 5.32 Å². The predicted molar refractivity (Wildman–Crippen MR) is 134 cm³/mol. The fraction of sp³-hybridized carbons (Fsp3) is 0.0800. The Hall–Kier alpha value is -3.88. The largest absolute Gasteiger partial charge is 0.486 e. The molecule has 0 saturated heterocycles. The smallest absolute Gasteiger partial charge is 0.344 e. The van der Waals surface area contributed by atoms with Crippen LogP contribution in [0.5, 0.6) is 11.5 Å². The van der Waals surface area contributed by atoms with Crippen LogP contribution in [0.1, 0.15) is 10.4 Å². The number of carbonyl (C=O) groups is 1. The maximum absolute atomic E-state index is 12.6. The van der Waals surface area contributed by atoms with Crippen molar-refractivity contribution in [2.45, 2.75) is 0 Å². The van der Waals surface area contributed by atoms with Gasteiger partial charge >= 0.3 is 5.63 Å². The summed E-state index contributed by atoms with van der Waals surface area (Å²) in [7, 11) is 0. The first-order chi connectivity index (χ1) is 16.5.